The predicted molar refractivity (Wildman–Crippen MR) is 115 cm³/mol. The van der Waals surface area contributed by atoms with Crippen LogP contribution in [0.1, 0.15) is 33.1 Å². The van der Waals surface area contributed by atoms with E-state index in [1.54, 1.807) is 10.4 Å². The second-order valence-electron chi connectivity index (χ2n) is 7.55. The van der Waals surface area contributed by atoms with Crippen molar-refractivity contribution < 1.29 is 22.9 Å². The van der Waals surface area contributed by atoms with Crippen molar-refractivity contribution >= 4 is 27.3 Å². The highest BCUT2D eigenvalue weighted by Gasteiger charge is 2.35. The van der Waals surface area contributed by atoms with Crippen LogP contribution in [0.15, 0.2) is 53.4 Å². The first kappa shape index (κ1) is 22.7. The lowest BCUT2D eigenvalue weighted by Gasteiger charge is -2.37. The van der Waals surface area contributed by atoms with E-state index in [9.17, 15) is 23.3 Å². The Morgan fingerprint density at radius 1 is 1.13 bits per heavy atom. The van der Waals surface area contributed by atoms with Gasteiger partial charge in [-0.1, -0.05) is 18.6 Å². The smallest absolute Gasteiger partial charge is 0.310 e. The van der Waals surface area contributed by atoms with Gasteiger partial charge in [-0.2, -0.15) is 4.31 Å². The lowest BCUT2D eigenvalue weighted by Crippen LogP contribution is -2.47. The van der Waals surface area contributed by atoms with Crippen LogP contribution >= 0.6 is 0 Å². The number of nitro benzene ring substituents is 1. The number of rotatable bonds is 7. The molecule has 2 aromatic carbocycles. The molecule has 0 aliphatic carbocycles. The number of hydrogen-bond acceptors (Lipinski definition) is 6. The Morgan fingerprint density at radius 3 is 2.35 bits per heavy atom. The summed E-state index contributed by atoms with van der Waals surface area (Å²) in [6.45, 7) is 3.41. The number of nitrogens with zero attached hydrogens (tertiary/aromatic N) is 2. The molecule has 0 bridgehead atoms. The number of piperidine rings is 1. The van der Waals surface area contributed by atoms with Crippen LogP contribution in [0.3, 0.4) is 0 Å². The fourth-order valence-electron chi connectivity index (χ4n) is 3.77. The molecule has 2 atom stereocenters. The molecule has 1 saturated heterocycles. The zero-order valence-corrected chi connectivity index (χ0v) is 18.2. The molecule has 0 saturated carbocycles. The maximum absolute atomic E-state index is 13.1. The van der Waals surface area contributed by atoms with Crippen molar-refractivity contribution in [2.75, 3.05) is 11.9 Å². The average molecular weight is 448 g/mol. The van der Waals surface area contributed by atoms with Gasteiger partial charge in [0.05, 0.1) is 9.82 Å². The van der Waals surface area contributed by atoms with Crippen molar-refractivity contribution in [2.24, 2.45) is 0 Å². The first-order chi connectivity index (χ1) is 14.7. The van der Waals surface area contributed by atoms with E-state index in [4.69, 9.17) is 4.74 Å². The van der Waals surface area contributed by atoms with E-state index in [1.807, 2.05) is 13.8 Å². The SMILES string of the molecule is CC1CCCC(C)N1S(=O)(=O)c1ccc(NC(=O)COc2ccccc2[N+](=O)[O-])cc1. The van der Waals surface area contributed by atoms with Gasteiger partial charge in [-0.3, -0.25) is 14.9 Å². The molecular formula is C21H25N3O6S. The molecule has 1 fully saturated rings. The van der Waals surface area contributed by atoms with Crippen LogP contribution in [-0.2, 0) is 14.8 Å². The topological polar surface area (TPSA) is 119 Å². The minimum absolute atomic E-state index is 0.00568. The number of sulfonamides is 1. The molecule has 1 N–H and O–H groups in total. The summed E-state index contributed by atoms with van der Waals surface area (Å²) in [5.41, 5.74) is 0.167. The number of amides is 1. The highest BCUT2D eigenvalue weighted by molar-refractivity contribution is 7.89. The van der Waals surface area contributed by atoms with Gasteiger partial charge in [0.15, 0.2) is 12.4 Å². The first-order valence-corrected chi connectivity index (χ1v) is 11.4. The van der Waals surface area contributed by atoms with Gasteiger partial charge in [0, 0.05) is 23.8 Å². The molecule has 9 nitrogen and oxygen atoms in total. The van der Waals surface area contributed by atoms with Crippen LogP contribution in [0.4, 0.5) is 11.4 Å². The maximum atomic E-state index is 13.1. The summed E-state index contributed by atoms with van der Waals surface area (Å²) in [4.78, 5) is 22.7. The van der Waals surface area contributed by atoms with Crippen LogP contribution in [0, 0.1) is 10.1 Å². The van der Waals surface area contributed by atoms with Gasteiger partial charge in [0.2, 0.25) is 10.0 Å². The Kier molecular flexibility index (Phi) is 6.91. The maximum Gasteiger partial charge on any atom is 0.310 e. The summed E-state index contributed by atoms with van der Waals surface area (Å²) in [6, 6.07) is 11.6. The molecule has 1 aliphatic rings. The molecule has 1 heterocycles. The van der Waals surface area contributed by atoms with Crippen molar-refractivity contribution in [1.82, 2.24) is 4.31 Å². The third-order valence-corrected chi connectivity index (χ3v) is 7.39. The van der Waals surface area contributed by atoms with E-state index in [0.717, 1.165) is 19.3 Å². The summed E-state index contributed by atoms with van der Waals surface area (Å²) in [6.07, 6.45) is 2.67. The molecule has 0 spiro atoms. The summed E-state index contributed by atoms with van der Waals surface area (Å²) < 4.78 is 32.9. The molecule has 2 unspecified atom stereocenters. The number of nitrogens with one attached hydrogen (secondary N) is 1. The highest BCUT2D eigenvalue weighted by atomic mass is 32.2. The number of nitro groups is 1. The molecule has 166 valence electrons. The standard InChI is InChI=1S/C21H25N3O6S/c1-15-6-5-7-16(2)23(15)31(28,29)18-12-10-17(11-13-18)22-21(25)14-30-20-9-4-3-8-19(20)24(26)27/h3-4,8-13,15-16H,5-7,14H2,1-2H3,(H,22,25). The van der Waals surface area contributed by atoms with Crippen LogP contribution in [-0.4, -0.2) is 42.2 Å². The van der Waals surface area contributed by atoms with Gasteiger partial charge in [0.25, 0.3) is 5.91 Å². The number of ether oxygens (including phenoxy) is 1. The monoisotopic (exact) mass is 447 g/mol. The minimum atomic E-state index is -3.63. The normalized spacial score (nSPS) is 19.5. The largest absolute Gasteiger partial charge is 0.477 e. The second kappa shape index (κ2) is 9.44. The molecule has 2 aromatic rings. The van der Waals surface area contributed by atoms with Crippen molar-refractivity contribution in [1.29, 1.82) is 0 Å². The van der Waals surface area contributed by atoms with Crippen molar-refractivity contribution in [2.45, 2.75) is 50.1 Å². The van der Waals surface area contributed by atoms with E-state index >= 15 is 0 Å². The summed E-state index contributed by atoms with van der Waals surface area (Å²) >= 11 is 0. The minimum Gasteiger partial charge on any atom is -0.477 e. The molecular weight excluding hydrogens is 422 g/mol. The number of benzene rings is 2. The summed E-state index contributed by atoms with van der Waals surface area (Å²) in [5, 5.41) is 13.6. The first-order valence-electron chi connectivity index (χ1n) is 10.00. The highest BCUT2D eigenvalue weighted by Crippen LogP contribution is 2.30. The van der Waals surface area contributed by atoms with Crippen molar-refractivity contribution in [3.8, 4) is 5.75 Å². The summed E-state index contributed by atoms with van der Waals surface area (Å²) in [7, 11) is -3.63. The van der Waals surface area contributed by atoms with Gasteiger partial charge < -0.3 is 10.1 Å². The number of anilines is 1. The van der Waals surface area contributed by atoms with E-state index in [0.29, 0.717) is 5.69 Å². The molecule has 0 aromatic heterocycles. The third-order valence-electron chi connectivity index (χ3n) is 5.25. The zero-order chi connectivity index (χ0) is 22.6. The Morgan fingerprint density at radius 2 is 1.74 bits per heavy atom. The fourth-order valence-corrected chi connectivity index (χ4v) is 5.66. The number of para-hydroxylation sites is 2. The second-order valence-corrected chi connectivity index (χ2v) is 9.39. The molecule has 1 aliphatic heterocycles. The molecule has 10 heteroatoms. The number of carbonyl (C=O) groups excluding carboxylic acids is 1. The predicted octanol–water partition coefficient (Wildman–Crippen LogP) is 3.56. The van der Waals surface area contributed by atoms with Crippen LogP contribution in [0.5, 0.6) is 5.75 Å². The summed E-state index contributed by atoms with van der Waals surface area (Å²) in [5.74, 6) is -0.527. The van der Waals surface area contributed by atoms with Gasteiger partial charge in [-0.15, -0.1) is 0 Å². The van der Waals surface area contributed by atoms with Crippen LogP contribution in [0.25, 0.3) is 0 Å². The number of hydrogen-bond donors (Lipinski definition) is 1. The Bertz CT molecular complexity index is 1050. The van der Waals surface area contributed by atoms with Gasteiger partial charge in [-0.05, 0) is 57.0 Å². The lowest BCUT2D eigenvalue weighted by atomic mass is 10.0. The average Bonchev–Trinajstić information content (AvgIpc) is 2.72. The quantitative estimate of drug-likeness (QED) is 0.512. The van der Waals surface area contributed by atoms with E-state index < -0.39 is 27.5 Å². The van der Waals surface area contributed by atoms with Gasteiger partial charge in [-0.25, -0.2) is 8.42 Å². The van der Waals surface area contributed by atoms with E-state index in [-0.39, 0.29) is 28.4 Å². The van der Waals surface area contributed by atoms with Gasteiger partial charge >= 0.3 is 5.69 Å². The lowest BCUT2D eigenvalue weighted by molar-refractivity contribution is -0.385. The molecule has 0 radical (unpaired) electrons. The number of carbonyl (C=O) groups is 1. The van der Waals surface area contributed by atoms with E-state index in [2.05, 4.69) is 5.32 Å². The van der Waals surface area contributed by atoms with E-state index in [1.165, 1.54) is 42.5 Å². The van der Waals surface area contributed by atoms with Gasteiger partial charge in [0.1, 0.15) is 0 Å². The zero-order valence-electron chi connectivity index (χ0n) is 17.4. The van der Waals surface area contributed by atoms with Crippen LogP contribution < -0.4 is 10.1 Å². The Labute approximate surface area is 181 Å². The Hall–Kier alpha value is -2.98. The third kappa shape index (κ3) is 5.20. The fraction of sp³-hybridized carbons (Fsp3) is 0.381. The van der Waals surface area contributed by atoms with Crippen molar-refractivity contribution in [3.05, 3.63) is 58.6 Å². The Balaban J connectivity index is 1.64. The molecule has 3 rings (SSSR count). The van der Waals surface area contributed by atoms with Crippen LogP contribution in [0.2, 0.25) is 0 Å². The molecule has 31 heavy (non-hydrogen) atoms. The molecule has 1 amide bonds. The van der Waals surface area contributed by atoms with Crippen molar-refractivity contribution in [3.63, 3.8) is 0 Å².